The summed E-state index contributed by atoms with van der Waals surface area (Å²) in [5.74, 6) is -0.000801. The lowest BCUT2D eigenvalue weighted by Crippen LogP contribution is -2.15. The van der Waals surface area contributed by atoms with Crippen LogP contribution in [0.1, 0.15) is 5.82 Å². The molecule has 0 fully saturated rings. The van der Waals surface area contributed by atoms with E-state index in [1.165, 1.54) is 4.68 Å². The van der Waals surface area contributed by atoms with Crippen LogP contribution in [0.4, 0.5) is 0 Å². The van der Waals surface area contributed by atoms with Crippen LogP contribution in [0.2, 0.25) is 5.02 Å². The van der Waals surface area contributed by atoms with E-state index in [0.29, 0.717) is 29.7 Å². The maximum Gasteiger partial charge on any atom is 0.311 e. The number of carboxylic acids is 1. The van der Waals surface area contributed by atoms with Crippen LogP contribution in [0.25, 0.3) is 0 Å². The Morgan fingerprint density at radius 3 is 2.79 bits per heavy atom. The zero-order valence-corrected chi connectivity index (χ0v) is 10.6. The van der Waals surface area contributed by atoms with Gasteiger partial charge in [0.15, 0.2) is 5.82 Å². The molecule has 0 saturated heterocycles. The Balaban J connectivity index is 1.87. The van der Waals surface area contributed by atoms with E-state index < -0.39 is 5.97 Å². The number of carbonyl (C=O) groups is 1. The average molecular weight is 283 g/mol. The van der Waals surface area contributed by atoms with Crippen LogP contribution in [0.15, 0.2) is 24.3 Å². The Morgan fingerprint density at radius 1 is 1.37 bits per heavy atom. The number of hydrogen-bond donors (Lipinski definition) is 1. The first-order chi connectivity index (χ1) is 9.15. The van der Waals surface area contributed by atoms with E-state index in [4.69, 9.17) is 21.4 Å². The fourth-order valence-corrected chi connectivity index (χ4v) is 1.57. The fraction of sp³-hybridized carbons (Fsp3) is 0.273. The molecular weight excluding hydrogens is 272 g/mol. The molecule has 1 aromatic carbocycles. The molecular formula is C11H11ClN4O3. The summed E-state index contributed by atoms with van der Waals surface area (Å²) in [7, 11) is 0. The van der Waals surface area contributed by atoms with Gasteiger partial charge in [-0.05, 0) is 34.7 Å². The van der Waals surface area contributed by atoms with Gasteiger partial charge in [-0.25, -0.2) is 4.68 Å². The van der Waals surface area contributed by atoms with Crippen molar-refractivity contribution in [3.05, 3.63) is 35.1 Å². The Hall–Kier alpha value is -2.15. The third-order valence-corrected chi connectivity index (χ3v) is 2.55. The Labute approximate surface area is 113 Å². The molecule has 19 heavy (non-hydrogen) atoms. The molecule has 100 valence electrons. The number of benzene rings is 1. The number of carboxylic acid groups (broad SMARTS) is 1. The van der Waals surface area contributed by atoms with Crippen molar-refractivity contribution in [1.29, 1.82) is 0 Å². The summed E-state index contributed by atoms with van der Waals surface area (Å²) in [4.78, 5) is 10.6. The van der Waals surface area contributed by atoms with E-state index in [1.54, 1.807) is 24.3 Å². The van der Waals surface area contributed by atoms with E-state index in [9.17, 15) is 4.79 Å². The molecule has 0 aliphatic rings. The van der Waals surface area contributed by atoms with Crippen LogP contribution in [0.5, 0.6) is 5.75 Å². The molecule has 2 aromatic rings. The number of ether oxygens (including phenoxy) is 1. The number of aromatic nitrogens is 4. The Bertz CT molecular complexity index is 555. The molecule has 0 spiro atoms. The second-order valence-corrected chi connectivity index (χ2v) is 4.13. The number of tetrazole rings is 1. The summed E-state index contributed by atoms with van der Waals surface area (Å²) in [6.45, 7) is 0.706. The lowest BCUT2D eigenvalue weighted by Gasteiger charge is -2.06. The lowest BCUT2D eigenvalue weighted by atomic mass is 10.3. The van der Waals surface area contributed by atoms with Gasteiger partial charge < -0.3 is 9.84 Å². The zero-order chi connectivity index (χ0) is 13.7. The van der Waals surface area contributed by atoms with Crippen molar-refractivity contribution in [1.82, 2.24) is 20.2 Å². The topological polar surface area (TPSA) is 90.1 Å². The molecule has 0 radical (unpaired) electrons. The largest absolute Gasteiger partial charge is 0.492 e. The third kappa shape index (κ3) is 3.92. The van der Waals surface area contributed by atoms with Gasteiger partial charge in [0.1, 0.15) is 18.8 Å². The molecule has 8 heteroatoms. The second-order valence-electron chi connectivity index (χ2n) is 3.69. The summed E-state index contributed by atoms with van der Waals surface area (Å²) in [6.07, 6.45) is -0.214. The summed E-state index contributed by atoms with van der Waals surface area (Å²) < 4.78 is 6.88. The molecule has 0 aliphatic heterocycles. The van der Waals surface area contributed by atoms with Gasteiger partial charge in [0.2, 0.25) is 0 Å². The first-order valence-electron chi connectivity index (χ1n) is 5.50. The maximum absolute atomic E-state index is 10.6. The predicted octanol–water partition coefficient (Wildman–Crippen LogP) is 1.03. The fourth-order valence-electron chi connectivity index (χ4n) is 1.44. The monoisotopic (exact) mass is 282 g/mol. The molecule has 1 heterocycles. The smallest absolute Gasteiger partial charge is 0.311 e. The van der Waals surface area contributed by atoms with E-state index >= 15 is 0 Å². The molecule has 0 saturated carbocycles. The van der Waals surface area contributed by atoms with Crippen molar-refractivity contribution in [3.63, 3.8) is 0 Å². The van der Waals surface area contributed by atoms with Gasteiger partial charge in [0.25, 0.3) is 0 Å². The van der Waals surface area contributed by atoms with Gasteiger partial charge in [-0.15, -0.1) is 5.10 Å². The van der Waals surface area contributed by atoms with Gasteiger partial charge in [0, 0.05) is 5.02 Å². The van der Waals surface area contributed by atoms with Crippen molar-refractivity contribution < 1.29 is 14.6 Å². The minimum absolute atomic E-state index is 0.214. The minimum atomic E-state index is -0.977. The summed E-state index contributed by atoms with van der Waals surface area (Å²) in [5.41, 5.74) is 0. The third-order valence-electron chi connectivity index (χ3n) is 2.30. The molecule has 2 rings (SSSR count). The highest BCUT2D eigenvalue weighted by Crippen LogP contribution is 2.15. The van der Waals surface area contributed by atoms with Gasteiger partial charge in [-0.1, -0.05) is 11.6 Å². The van der Waals surface area contributed by atoms with Crippen molar-refractivity contribution >= 4 is 17.6 Å². The normalized spacial score (nSPS) is 10.4. The summed E-state index contributed by atoms with van der Waals surface area (Å²) >= 11 is 5.75. The number of rotatable bonds is 6. The molecule has 1 aromatic heterocycles. The van der Waals surface area contributed by atoms with Gasteiger partial charge >= 0.3 is 5.97 Å². The van der Waals surface area contributed by atoms with Crippen molar-refractivity contribution in [2.24, 2.45) is 0 Å². The standard InChI is InChI=1S/C11H11ClN4O3/c12-8-1-3-9(4-2-8)19-6-5-16-10(7-11(17)18)13-14-15-16/h1-4H,5-7H2,(H,17,18). The number of aliphatic carboxylic acids is 1. The molecule has 0 unspecified atom stereocenters. The van der Waals surface area contributed by atoms with Gasteiger partial charge in [-0.2, -0.15) is 0 Å². The first-order valence-corrected chi connectivity index (χ1v) is 5.88. The van der Waals surface area contributed by atoms with Crippen LogP contribution in [0.3, 0.4) is 0 Å². The number of halogens is 1. The number of nitrogens with zero attached hydrogens (tertiary/aromatic N) is 4. The van der Waals surface area contributed by atoms with Crippen LogP contribution in [0, 0.1) is 0 Å². The Morgan fingerprint density at radius 2 is 2.11 bits per heavy atom. The first kappa shape index (κ1) is 13.3. The summed E-state index contributed by atoms with van der Waals surface area (Å²) in [6, 6.07) is 6.95. The second kappa shape index (κ2) is 6.14. The lowest BCUT2D eigenvalue weighted by molar-refractivity contribution is -0.136. The SMILES string of the molecule is O=C(O)Cc1nnnn1CCOc1ccc(Cl)cc1. The van der Waals surface area contributed by atoms with E-state index in [-0.39, 0.29) is 6.42 Å². The number of hydrogen-bond acceptors (Lipinski definition) is 5. The van der Waals surface area contributed by atoms with Gasteiger partial charge in [-0.3, -0.25) is 4.79 Å². The highest BCUT2D eigenvalue weighted by Gasteiger charge is 2.09. The van der Waals surface area contributed by atoms with E-state index in [1.807, 2.05) is 0 Å². The van der Waals surface area contributed by atoms with Crippen LogP contribution in [-0.4, -0.2) is 37.9 Å². The molecule has 7 nitrogen and oxygen atoms in total. The molecule has 0 atom stereocenters. The van der Waals surface area contributed by atoms with Crippen LogP contribution in [-0.2, 0) is 17.8 Å². The molecule has 0 bridgehead atoms. The van der Waals surface area contributed by atoms with Gasteiger partial charge in [0.05, 0.1) is 6.54 Å². The highest BCUT2D eigenvalue weighted by atomic mass is 35.5. The van der Waals surface area contributed by atoms with Crippen molar-refractivity contribution in [3.8, 4) is 5.75 Å². The molecule has 1 N–H and O–H groups in total. The predicted molar refractivity (Wildman–Crippen MR) is 66.1 cm³/mol. The maximum atomic E-state index is 10.6. The molecule has 0 aliphatic carbocycles. The van der Waals surface area contributed by atoms with Crippen LogP contribution < -0.4 is 4.74 Å². The van der Waals surface area contributed by atoms with Crippen LogP contribution >= 0.6 is 11.6 Å². The minimum Gasteiger partial charge on any atom is -0.492 e. The summed E-state index contributed by atoms with van der Waals surface area (Å²) in [5, 5.41) is 20.1. The van der Waals surface area contributed by atoms with E-state index in [0.717, 1.165) is 0 Å². The Kier molecular flexibility index (Phi) is 4.30. The zero-order valence-electron chi connectivity index (χ0n) is 9.86. The van der Waals surface area contributed by atoms with Crippen molar-refractivity contribution in [2.75, 3.05) is 6.61 Å². The van der Waals surface area contributed by atoms with E-state index in [2.05, 4.69) is 15.5 Å². The van der Waals surface area contributed by atoms with Crippen molar-refractivity contribution in [2.45, 2.75) is 13.0 Å². The quantitative estimate of drug-likeness (QED) is 0.851. The molecule has 0 amide bonds. The highest BCUT2D eigenvalue weighted by molar-refractivity contribution is 6.30. The average Bonchev–Trinajstić information content (AvgIpc) is 2.78.